The van der Waals surface area contributed by atoms with Crippen LogP contribution < -0.4 is 11.5 Å². The molecule has 5 heteroatoms. The fourth-order valence-corrected chi connectivity index (χ4v) is 1.58. The number of amides is 2. The molecule has 0 saturated heterocycles. The number of rotatable bonds is 5. The summed E-state index contributed by atoms with van der Waals surface area (Å²) in [6.45, 7) is 0. The largest absolute Gasteiger partial charge is 0.370 e. The normalized spacial score (nSPS) is 10.4. The van der Waals surface area contributed by atoms with Gasteiger partial charge < -0.3 is 11.5 Å². The topological polar surface area (TPSA) is 86.2 Å². The average Bonchev–Trinajstić information content (AvgIpc) is 2.15. The van der Waals surface area contributed by atoms with Gasteiger partial charge >= 0.3 is 0 Å². The molecule has 0 unspecified atom stereocenters. The first-order chi connectivity index (χ1) is 7.50. The lowest BCUT2D eigenvalue weighted by Gasteiger charge is -2.14. The molecule has 4 nitrogen and oxygen atoms in total. The van der Waals surface area contributed by atoms with E-state index in [0.717, 1.165) is 0 Å². The first kappa shape index (κ1) is 12.2. The molecule has 1 rings (SSSR count). The fourth-order valence-electron chi connectivity index (χ4n) is 1.58. The quantitative estimate of drug-likeness (QED) is 0.769. The van der Waals surface area contributed by atoms with E-state index in [9.17, 15) is 14.0 Å². The molecule has 0 fully saturated rings. The average molecular weight is 224 g/mol. The molecule has 2 amide bonds. The van der Waals surface area contributed by atoms with Crippen LogP contribution in [-0.4, -0.2) is 11.8 Å². The van der Waals surface area contributed by atoms with Crippen LogP contribution in [0.5, 0.6) is 0 Å². The summed E-state index contributed by atoms with van der Waals surface area (Å²) in [5.41, 5.74) is 10.4. The third kappa shape index (κ3) is 3.34. The van der Waals surface area contributed by atoms with Crippen molar-refractivity contribution < 1.29 is 14.0 Å². The van der Waals surface area contributed by atoms with Gasteiger partial charge in [-0.05, 0) is 11.6 Å². The van der Waals surface area contributed by atoms with Crippen molar-refractivity contribution in [1.29, 1.82) is 0 Å². The first-order valence-electron chi connectivity index (χ1n) is 4.81. The lowest BCUT2D eigenvalue weighted by molar-refractivity contribution is -0.119. The van der Waals surface area contributed by atoms with E-state index in [2.05, 4.69) is 0 Å². The van der Waals surface area contributed by atoms with Gasteiger partial charge in [-0.2, -0.15) is 0 Å². The SMILES string of the molecule is NC(=O)CC(CC(N)=O)c1ccccc1F. The highest BCUT2D eigenvalue weighted by molar-refractivity contribution is 5.78. The standard InChI is InChI=1S/C11H13FN2O2/c12-9-4-2-1-3-8(9)7(5-10(13)15)6-11(14)16/h1-4,7H,5-6H2,(H2,13,15)(H2,14,16). The summed E-state index contributed by atoms with van der Waals surface area (Å²) in [5.74, 6) is -2.23. The molecule has 0 heterocycles. The maximum absolute atomic E-state index is 13.4. The minimum atomic E-state index is -0.588. The summed E-state index contributed by atoms with van der Waals surface area (Å²) < 4.78 is 13.4. The van der Waals surface area contributed by atoms with Crippen LogP contribution in [0.2, 0.25) is 0 Å². The molecule has 0 aliphatic heterocycles. The fraction of sp³-hybridized carbons (Fsp3) is 0.273. The predicted octanol–water partition coefficient (Wildman–Crippen LogP) is 0.660. The zero-order valence-electron chi connectivity index (χ0n) is 8.65. The van der Waals surface area contributed by atoms with Crippen molar-refractivity contribution >= 4 is 11.8 Å². The van der Waals surface area contributed by atoms with E-state index in [0.29, 0.717) is 5.56 Å². The zero-order valence-corrected chi connectivity index (χ0v) is 8.65. The maximum Gasteiger partial charge on any atom is 0.218 e. The molecular weight excluding hydrogens is 211 g/mol. The van der Waals surface area contributed by atoms with E-state index >= 15 is 0 Å². The Hall–Kier alpha value is -1.91. The summed E-state index contributed by atoms with van der Waals surface area (Å²) in [6, 6.07) is 5.95. The van der Waals surface area contributed by atoms with Crippen molar-refractivity contribution in [3.63, 3.8) is 0 Å². The van der Waals surface area contributed by atoms with Crippen LogP contribution in [-0.2, 0) is 9.59 Å². The number of hydrogen-bond donors (Lipinski definition) is 2. The van der Waals surface area contributed by atoms with E-state index in [1.54, 1.807) is 6.07 Å². The Labute approximate surface area is 92.4 Å². The molecule has 0 bridgehead atoms. The van der Waals surface area contributed by atoms with Gasteiger partial charge in [-0.1, -0.05) is 18.2 Å². The number of benzene rings is 1. The first-order valence-corrected chi connectivity index (χ1v) is 4.81. The van der Waals surface area contributed by atoms with Gasteiger partial charge in [0.2, 0.25) is 11.8 Å². The lowest BCUT2D eigenvalue weighted by Crippen LogP contribution is -2.21. The molecule has 4 N–H and O–H groups in total. The molecule has 0 saturated carbocycles. The number of carbonyl (C=O) groups is 2. The molecule has 0 aliphatic rings. The smallest absolute Gasteiger partial charge is 0.218 e. The molecule has 0 aliphatic carbocycles. The van der Waals surface area contributed by atoms with Gasteiger partial charge in [-0.25, -0.2) is 4.39 Å². The highest BCUT2D eigenvalue weighted by atomic mass is 19.1. The Balaban J connectivity index is 2.96. The van der Waals surface area contributed by atoms with Crippen molar-refractivity contribution in [2.75, 3.05) is 0 Å². The van der Waals surface area contributed by atoms with Crippen LogP contribution in [0, 0.1) is 5.82 Å². The summed E-state index contributed by atoms with van der Waals surface area (Å²) in [4.78, 5) is 21.6. The van der Waals surface area contributed by atoms with Crippen LogP contribution in [0.4, 0.5) is 4.39 Å². The van der Waals surface area contributed by atoms with Crippen molar-refractivity contribution in [3.8, 4) is 0 Å². The van der Waals surface area contributed by atoms with E-state index in [1.165, 1.54) is 18.2 Å². The Morgan fingerprint density at radius 2 is 1.62 bits per heavy atom. The van der Waals surface area contributed by atoms with Gasteiger partial charge in [0.05, 0.1) is 0 Å². The van der Waals surface area contributed by atoms with Crippen molar-refractivity contribution in [2.24, 2.45) is 11.5 Å². The number of hydrogen-bond acceptors (Lipinski definition) is 2. The zero-order chi connectivity index (χ0) is 12.1. The van der Waals surface area contributed by atoms with E-state index < -0.39 is 23.5 Å². The third-order valence-corrected chi connectivity index (χ3v) is 2.24. The summed E-state index contributed by atoms with van der Waals surface area (Å²) in [5, 5.41) is 0. The van der Waals surface area contributed by atoms with Gasteiger partial charge in [0.15, 0.2) is 0 Å². The van der Waals surface area contributed by atoms with E-state index in [4.69, 9.17) is 11.5 Å². The summed E-state index contributed by atoms with van der Waals surface area (Å²) in [6.07, 6.45) is -0.187. The van der Waals surface area contributed by atoms with Crippen LogP contribution in [0.15, 0.2) is 24.3 Å². The van der Waals surface area contributed by atoms with E-state index in [-0.39, 0.29) is 12.8 Å². The highest BCUT2D eigenvalue weighted by Crippen LogP contribution is 2.25. The van der Waals surface area contributed by atoms with Crippen molar-refractivity contribution in [1.82, 2.24) is 0 Å². The molecule has 0 aromatic heterocycles. The van der Waals surface area contributed by atoms with Gasteiger partial charge in [-0.3, -0.25) is 9.59 Å². The van der Waals surface area contributed by atoms with Crippen molar-refractivity contribution in [3.05, 3.63) is 35.6 Å². The minimum absolute atomic E-state index is 0.0934. The summed E-state index contributed by atoms with van der Waals surface area (Å²) >= 11 is 0. The van der Waals surface area contributed by atoms with Crippen LogP contribution in [0.25, 0.3) is 0 Å². The second-order valence-electron chi connectivity index (χ2n) is 3.56. The minimum Gasteiger partial charge on any atom is -0.370 e. The van der Waals surface area contributed by atoms with Gasteiger partial charge in [0.25, 0.3) is 0 Å². The molecule has 0 spiro atoms. The van der Waals surface area contributed by atoms with Gasteiger partial charge in [0.1, 0.15) is 5.82 Å². The highest BCUT2D eigenvalue weighted by Gasteiger charge is 2.19. The number of primary amides is 2. The van der Waals surface area contributed by atoms with Crippen LogP contribution >= 0.6 is 0 Å². The molecule has 0 atom stereocenters. The molecule has 1 aromatic carbocycles. The number of halogens is 1. The summed E-state index contributed by atoms with van der Waals surface area (Å²) in [7, 11) is 0. The van der Waals surface area contributed by atoms with E-state index in [1.807, 2.05) is 0 Å². The molecule has 16 heavy (non-hydrogen) atoms. The Morgan fingerprint density at radius 3 is 2.06 bits per heavy atom. The predicted molar refractivity (Wildman–Crippen MR) is 56.8 cm³/mol. The Kier molecular flexibility index (Phi) is 3.99. The maximum atomic E-state index is 13.4. The van der Waals surface area contributed by atoms with Gasteiger partial charge in [0, 0.05) is 18.8 Å². The molecule has 0 radical (unpaired) electrons. The Morgan fingerprint density at radius 1 is 1.12 bits per heavy atom. The molecule has 1 aromatic rings. The molecular formula is C11H13FN2O2. The second-order valence-corrected chi connectivity index (χ2v) is 3.56. The second kappa shape index (κ2) is 5.25. The Bertz CT molecular complexity index is 391. The lowest BCUT2D eigenvalue weighted by atomic mass is 9.91. The van der Waals surface area contributed by atoms with Crippen molar-refractivity contribution in [2.45, 2.75) is 18.8 Å². The third-order valence-electron chi connectivity index (χ3n) is 2.24. The number of nitrogens with two attached hydrogens (primary N) is 2. The molecule has 86 valence electrons. The van der Waals surface area contributed by atoms with Crippen LogP contribution in [0.3, 0.4) is 0 Å². The van der Waals surface area contributed by atoms with Gasteiger partial charge in [-0.15, -0.1) is 0 Å². The van der Waals surface area contributed by atoms with Crippen LogP contribution in [0.1, 0.15) is 24.3 Å². The monoisotopic (exact) mass is 224 g/mol. The number of carbonyl (C=O) groups excluding carboxylic acids is 2.